The van der Waals surface area contributed by atoms with E-state index >= 15 is 0 Å². The van der Waals surface area contributed by atoms with Crippen molar-refractivity contribution in [1.82, 2.24) is 15.1 Å². The average Bonchev–Trinajstić information content (AvgIpc) is 3.18. The maximum absolute atomic E-state index is 6.54. The van der Waals surface area contributed by atoms with Gasteiger partial charge in [-0.1, -0.05) is 27.7 Å². The van der Waals surface area contributed by atoms with E-state index in [-0.39, 0.29) is 0 Å². The molecule has 0 spiro atoms. The number of fused-ring (bicyclic) bond motifs is 1. The van der Waals surface area contributed by atoms with Crippen LogP contribution in [-0.2, 0) is 4.74 Å². The van der Waals surface area contributed by atoms with Crippen LogP contribution in [0.25, 0.3) is 0 Å². The van der Waals surface area contributed by atoms with E-state index in [9.17, 15) is 0 Å². The molecule has 0 radical (unpaired) electrons. The number of rotatable bonds is 6. The summed E-state index contributed by atoms with van der Waals surface area (Å²) < 4.78 is 6.54. The predicted octanol–water partition coefficient (Wildman–Crippen LogP) is 2.25. The van der Waals surface area contributed by atoms with E-state index < -0.39 is 0 Å². The van der Waals surface area contributed by atoms with E-state index in [0.29, 0.717) is 30.6 Å². The second-order valence-corrected chi connectivity index (χ2v) is 8.72. The Labute approximate surface area is 135 Å². The van der Waals surface area contributed by atoms with Gasteiger partial charge < -0.3 is 10.1 Å². The van der Waals surface area contributed by atoms with Crippen LogP contribution in [0.2, 0.25) is 0 Å². The lowest BCUT2D eigenvalue weighted by Crippen LogP contribution is -2.41. The molecule has 0 aromatic rings. The first-order chi connectivity index (χ1) is 10.6. The van der Waals surface area contributed by atoms with E-state index in [1.807, 2.05) is 0 Å². The Morgan fingerprint density at radius 3 is 2.32 bits per heavy atom. The molecule has 1 N–H and O–H groups in total. The van der Waals surface area contributed by atoms with Gasteiger partial charge in [0.25, 0.3) is 0 Å². The van der Waals surface area contributed by atoms with Gasteiger partial charge in [-0.3, -0.25) is 9.80 Å². The fourth-order valence-corrected chi connectivity index (χ4v) is 4.82. The molecule has 0 aromatic carbocycles. The van der Waals surface area contributed by atoms with Crippen molar-refractivity contribution >= 4 is 0 Å². The highest BCUT2D eigenvalue weighted by Crippen LogP contribution is 2.49. The molecule has 4 saturated heterocycles. The predicted molar refractivity (Wildman–Crippen MR) is 88.5 cm³/mol. The zero-order chi connectivity index (χ0) is 15.4. The van der Waals surface area contributed by atoms with E-state index in [1.165, 1.54) is 38.8 Å². The van der Waals surface area contributed by atoms with Gasteiger partial charge in [-0.25, -0.2) is 0 Å². The molecule has 4 heteroatoms. The topological polar surface area (TPSA) is 37.4 Å². The molecule has 0 aliphatic carbocycles. The van der Waals surface area contributed by atoms with Crippen LogP contribution in [0.15, 0.2) is 0 Å². The summed E-state index contributed by atoms with van der Waals surface area (Å²) in [6, 6.07) is 2.71. The second kappa shape index (κ2) is 5.73. The number of hydrogen-bond acceptors (Lipinski definition) is 4. The lowest BCUT2D eigenvalue weighted by molar-refractivity contribution is -0.0794. The molecule has 22 heavy (non-hydrogen) atoms. The summed E-state index contributed by atoms with van der Waals surface area (Å²) in [6.07, 6.45) is 6.03. The fraction of sp³-hybridized carbons (Fsp3) is 1.00. The third-order valence-corrected chi connectivity index (χ3v) is 5.87. The van der Waals surface area contributed by atoms with Crippen molar-refractivity contribution in [1.29, 1.82) is 0 Å². The van der Waals surface area contributed by atoms with Crippen molar-refractivity contribution in [2.75, 3.05) is 13.1 Å². The highest BCUT2D eigenvalue weighted by molar-refractivity contribution is 5.18. The van der Waals surface area contributed by atoms with Gasteiger partial charge in [0.1, 0.15) is 12.5 Å². The minimum atomic E-state index is 0.336. The van der Waals surface area contributed by atoms with Crippen LogP contribution >= 0.6 is 0 Å². The number of nitrogens with one attached hydrogen (secondary N) is 1. The molecular weight excluding hydrogens is 274 g/mol. The van der Waals surface area contributed by atoms with Gasteiger partial charge in [0.05, 0.1) is 12.1 Å². The Morgan fingerprint density at radius 2 is 1.68 bits per heavy atom. The van der Waals surface area contributed by atoms with Gasteiger partial charge in [0.2, 0.25) is 0 Å². The second-order valence-electron chi connectivity index (χ2n) is 8.72. The minimum Gasteiger partial charge on any atom is -0.341 e. The van der Waals surface area contributed by atoms with Crippen molar-refractivity contribution in [2.45, 2.75) is 90.0 Å². The van der Waals surface area contributed by atoms with Crippen molar-refractivity contribution in [2.24, 2.45) is 11.8 Å². The Kier molecular flexibility index (Phi) is 4.00. The highest BCUT2D eigenvalue weighted by atomic mass is 16.6. The first-order valence-electron chi connectivity index (χ1n) is 9.49. The van der Waals surface area contributed by atoms with Crippen molar-refractivity contribution in [3.8, 4) is 0 Å². The summed E-state index contributed by atoms with van der Waals surface area (Å²) in [4.78, 5) is 5.30. The van der Waals surface area contributed by atoms with Crippen molar-refractivity contribution in [3.05, 3.63) is 0 Å². The third-order valence-electron chi connectivity index (χ3n) is 5.87. The molecule has 4 rings (SSSR count). The molecular formula is C18H33N3O. The van der Waals surface area contributed by atoms with Gasteiger partial charge in [0.15, 0.2) is 0 Å². The molecule has 7 atom stereocenters. The smallest absolute Gasteiger partial charge is 0.130 e. The van der Waals surface area contributed by atoms with Crippen LogP contribution in [0.5, 0.6) is 0 Å². The van der Waals surface area contributed by atoms with Gasteiger partial charge in [-0.05, 0) is 37.5 Å². The Hall–Kier alpha value is -0.160. The van der Waals surface area contributed by atoms with E-state index in [4.69, 9.17) is 4.74 Å². The van der Waals surface area contributed by atoms with Crippen molar-refractivity contribution < 1.29 is 4.74 Å². The molecule has 0 saturated carbocycles. The van der Waals surface area contributed by atoms with Crippen LogP contribution in [-0.4, -0.2) is 59.5 Å². The van der Waals surface area contributed by atoms with E-state index in [2.05, 4.69) is 42.8 Å². The average molecular weight is 307 g/mol. The third kappa shape index (κ3) is 2.72. The minimum absolute atomic E-state index is 0.336. The molecule has 4 aliphatic rings. The SMILES string of the molecule is CC(C)C[C@@H]1N[C@H]1[C@@H]1OC(N2CCCC2)[C@@H]2[C@H](CC(C)C)N21. The standard InChI is InChI=1S/C18H33N3O/c1-11(2)9-13-15(19-13)17-21-14(10-12(3)4)16(21)18(22-17)20-7-5-6-8-20/h11-19H,5-10H2,1-4H3/t13-,14-,15+,16-,17-,18?,21?/m0/s1. The molecule has 0 aromatic heterocycles. The van der Waals surface area contributed by atoms with Crippen LogP contribution < -0.4 is 5.32 Å². The summed E-state index contributed by atoms with van der Waals surface area (Å²) in [5.41, 5.74) is 0. The first kappa shape index (κ1) is 15.4. The monoisotopic (exact) mass is 307 g/mol. The van der Waals surface area contributed by atoms with E-state index in [1.54, 1.807) is 0 Å². The Morgan fingerprint density at radius 1 is 1.00 bits per heavy atom. The molecule has 4 nitrogen and oxygen atoms in total. The van der Waals surface area contributed by atoms with Gasteiger partial charge in [-0.2, -0.15) is 0 Å². The zero-order valence-electron chi connectivity index (χ0n) is 14.7. The van der Waals surface area contributed by atoms with E-state index in [0.717, 1.165) is 17.9 Å². The normalized spacial score (nSPS) is 47.5. The van der Waals surface area contributed by atoms with Gasteiger partial charge in [-0.15, -0.1) is 0 Å². The number of ether oxygens (including phenoxy) is 1. The quantitative estimate of drug-likeness (QED) is 0.764. The van der Waals surface area contributed by atoms with Crippen LogP contribution in [0, 0.1) is 11.8 Å². The van der Waals surface area contributed by atoms with Gasteiger partial charge >= 0.3 is 0 Å². The Bertz CT molecular complexity index is 407. The van der Waals surface area contributed by atoms with Crippen LogP contribution in [0.4, 0.5) is 0 Å². The summed E-state index contributed by atoms with van der Waals surface area (Å²) in [7, 11) is 0. The lowest BCUT2D eigenvalue weighted by Gasteiger charge is -2.27. The molecule has 0 bridgehead atoms. The first-order valence-corrected chi connectivity index (χ1v) is 9.49. The van der Waals surface area contributed by atoms with Crippen molar-refractivity contribution in [3.63, 3.8) is 0 Å². The molecule has 4 aliphatic heterocycles. The highest BCUT2D eigenvalue weighted by Gasteiger charge is 2.67. The summed E-state index contributed by atoms with van der Waals surface area (Å²) in [5.74, 6) is 1.56. The van der Waals surface area contributed by atoms with Gasteiger partial charge in [0, 0.05) is 25.2 Å². The van der Waals surface area contributed by atoms with Crippen LogP contribution in [0.3, 0.4) is 0 Å². The number of hydrogen-bond donors (Lipinski definition) is 1. The Balaban J connectivity index is 1.42. The largest absolute Gasteiger partial charge is 0.341 e. The van der Waals surface area contributed by atoms with Crippen LogP contribution in [0.1, 0.15) is 53.4 Å². The maximum atomic E-state index is 6.54. The maximum Gasteiger partial charge on any atom is 0.130 e. The number of likely N-dealkylation sites (tertiary alicyclic amines) is 1. The fourth-order valence-electron chi connectivity index (χ4n) is 4.82. The number of nitrogens with zero attached hydrogens (tertiary/aromatic N) is 2. The molecule has 4 heterocycles. The molecule has 0 amide bonds. The lowest BCUT2D eigenvalue weighted by atomic mass is 10.0. The molecule has 2 unspecified atom stereocenters. The summed E-state index contributed by atoms with van der Waals surface area (Å²) >= 11 is 0. The molecule has 126 valence electrons. The molecule has 4 fully saturated rings. The summed E-state index contributed by atoms with van der Waals surface area (Å²) in [6.45, 7) is 11.8. The zero-order valence-corrected chi connectivity index (χ0v) is 14.7. The summed E-state index contributed by atoms with van der Waals surface area (Å²) in [5, 5.41) is 3.70.